The summed E-state index contributed by atoms with van der Waals surface area (Å²) >= 11 is 0. The van der Waals surface area contributed by atoms with Crippen LogP contribution in [0.4, 0.5) is 0 Å². The molecule has 0 amide bonds. The molecule has 0 saturated carbocycles. The molecule has 0 radical (unpaired) electrons. The van der Waals surface area contributed by atoms with Crippen molar-refractivity contribution in [3.63, 3.8) is 0 Å². The Labute approximate surface area is 191 Å². The number of nitrogens with zero attached hydrogens (tertiary/aromatic N) is 1. The summed E-state index contributed by atoms with van der Waals surface area (Å²) in [6.07, 6.45) is 2.28. The van der Waals surface area contributed by atoms with E-state index in [0.29, 0.717) is 0 Å². The Bertz CT molecular complexity index is 473. The monoisotopic (exact) mass is 443 g/mol. The Kier molecular flexibility index (Phi) is 23.0. The van der Waals surface area contributed by atoms with E-state index in [1.54, 1.807) is 52.5 Å². The molecule has 7 heteroatoms. The third kappa shape index (κ3) is 23.3. The van der Waals surface area contributed by atoms with E-state index < -0.39 is 18.3 Å². The second-order valence-corrected chi connectivity index (χ2v) is 7.21. The molecule has 0 aromatic heterocycles. The number of hydrogen-bond acceptors (Lipinski definition) is 6. The Hall–Kier alpha value is -0.886. The first-order chi connectivity index (χ1) is 13.0. The molecule has 0 aliphatic carbocycles. The van der Waals surface area contributed by atoms with Gasteiger partial charge in [0, 0.05) is 6.54 Å². The Balaban J connectivity index is -0.000000434. The summed E-state index contributed by atoms with van der Waals surface area (Å²) in [7, 11) is 0. The number of hydrogen-bond donors (Lipinski definition) is 1. The van der Waals surface area contributed by atoms with Gasteiger partial charge in [-0.2, -0.15) is 0 Å². The molecule has 29 heavy (non-hydrogen) atoms. The zero-order valence-electron chi connectivity index (χ0n) is 18.6. The maximum atomic E-state index is 11.9. The van der Waals surface area contributed by atoms with E-state index in [9.17, 15) is 20.4 Å². The molecular formula is C22H37NO5Ti. The smallest absolute Gasteiger partial charge is 0.860 e. The quantitative estimate of drug-likeness (QED) is 0.522. The van der Waals surface area contributed by atoms with E-state index in [1.165, 1.54) is 0 Å². The van der Waals surface area contributed by atoms with Crippen LogP contribution in [-0.2, 0) is 21.7 Å². The fourth-order valence-electron chi connectivity index (χ4n) is 2.09. The molecule has 1 aromatic carbocycles. The van der Waals surface area contributed by atoms with Gasteiger partial charge in [0.2, 0.25) is 0 Å². The van der Waals surface area contributed by atoms with Crippen molar-refractivity contribution in [2.45, 2.75) is 78.7 Å². The number of aliphatic hydroxyl groups excluding tert-OH is 1. The van der Waals surface area contributed by atoms with Gasteiger partial charge in [-0.05, 0) is 30.4 Å². The van der Waals surface area contributed by atoms with Crippen LogP contribution in [0.1, 0.15) is 59.9 Å². The minimum absolute atomic E-state index is 0. The van der Waals surface area contributed by atoms with Crippen LogP contribution in [0.2, 0.25) is 0 Å². The van der Waals surface area contributed by atoms with Crippen molar-refractivity contribution in [1.82, 2.24) is 4.90 Å². The van der Waals surface area contributed by atoms with Crippen LogP contribution >= 0.6 is 0 Å². The largest absolute Gasteiger partial charge is 4.00 e. The van der Waals surface area contributed by atoms with Crippen molar-refractivity contribution in [1.29, 1.82) is 0 Å². The fourth-order valence-corrected chi connectivity index (χ4v) is 2.09. The SMILES string of the molecule is CC(C)[O-].CC(C)[O-].CC(C)[O-].[O-]/C(=C/c1ccccc1)N1CCC[C@@H]1CO.[Ti+4]. The van der Waals surface area contributed by atoms with E-state index in [1.807, 2.05) is 30.3 Å². The average molecular weight is 443 g/mol. The molecule has 164 valence electrons. The summed E-state index contributed by atoms with van der Waals surface area (Å²) in [6.45, 7) is 10.5. The van der Waals surface area contributed by atoms with Crippen molar-refractivity contribution < 1.29 is 47.3 Å². The summed E-state index contributed by atoms with van der Waals surface area (Å²) in [5.74, 6) is 0.00255. The van der Waals surface area contributed by atoms with Crippen LogP contribution in [0.25, 0.3) is 6.08 Å². The second kappa shape index (κ2) is 20.4. The molecule has 0 unspecified atom stereocenters. The average Bonchev–Trinajstić information content (AvgIpc) is 3.03. The maximum Gasteiger partial charge on any atom is 4.00 e. The Morgan fingerprint density at radius 1 is 1.00 bits per heavy atom. The summed E-state index contributed by atoms with van der Waals surface area (Å²) in [5, 5.41) is 49.7. The summed E-state index contributed by atoms with van der Waals surface area (Å²) in [5.41, 5.74) is 0.913. The minimum atomic E-state index is -0.417. The van der Waals surface area contributed by atoms with Crippen molar-refractivity contribution >= 4 is 6.08 Å². The Morgan fingerprint density at radius 3 is 1.79 bits per heavy atom. The molecule has 1 heterocycles. The number of aliphatic hydroxyl groups is 1. The predicted molar refractivity (Wildman–Crippen MR) is 107 cm³/mol. The molecule has 1 aliphatic rings. The summed E-state index contributed by atoms with van der Waals surface area (Å²) < 4.78 is 0. The van der Waals surface area contributed by atoms with Crippen LogP contribution in [0.15, 0.2) is 36.2 Å². The van der Waals surface area contributed by atoms with Crippen molar-refractivity contribution in [2.75, 3.05) is 13.2 Å². The molecule has 6 nitrogen and oxygen atoms in total. The first-order valence-electron chi connectivity index (χ1n) is 9.79. The van der Waals surface area contributed by atoms with Crippen molar-refractivity contribution in [3.05, 3.63) is 41.8 Å². The first-order valence-corrected chi connectivity index (χ1v) is 9.79. The fraction of sp³-hybridized carbons (Fsp3) is 0.636. The van der Waals surface area contributed by atoms with Gasteiger partial charge in [-0.15, -0.1) is 18.3 Å². The minimum Gasteiger partial charge on any atom is -0.860 e. The molecule has 0 bridgehead atoms. The van der Waals surface area contributed by atoms with Gasteiger partial charge in [-0.1, -0.05) is 71.9 Å². The number of likely N-dealkylation sites (tertiary alicyclic amines) is 1. The molecule has 1 fully saturated rings. The molecule has 1 N–H and O–H groups in total. The van der Waals surface area contributed by atoms with Gasteiger partial charge in [0.25, 0.3) is 0 Å². The van der Waals surface area contributed by atoms with Crippen LogP contribution in [0, 0.1) is 0 Å². The van der Waals surface area contributed by atoms with Gasteiger partial charge in [0.05, 0.1) is 12.6 Å². The van der Waals surface area contributed by atoms with E-state index in [0.717, 1.165) is 24.9 Å². The molecule has 1 saturated heterocycles. The van der Waals surface area contributed by atoms with Crippen LogP contribution in [0.3, 0.4) is 0 Å². The second-order valence-electron chi connectivity index (χ2n) is 7.21. The third-order valence-electron chi connectivity index (χ3n) is 2.96. The van der Waals surface area contributed by atoms with Gasteiger partial charge in [0.15, 0.2) is 0 Å². The topological polar surface area (TPSA) is 116 Å². The Morgan fingerprint density at radius 2 is 1.41 bits per heavy atom. The van der Waals surface area contributed by atoms with E-state index in [4.69, 9.17) is 5.11 Å². The zero-order chi connectivity index (χ0) is 22.1. The van der Waals surface area contributed by atoms with Gasteiger partial charge < -0.3 is 30.4 Å². The van der Waals surface area contributed by atoms with Crippen LogP contribution in [-0.4, -0.2) is 47.5 Å². The number of rotatable bonds is 3. The van der Waals surface area contributed by atoms with Gasteiger partial charge in [0.1, 0.15) is 0 Å². The van der Waals surface area contributed by atoms with Gasteiger partial charge in [-0.3, -0.25) is 0 Å². The third-order valence-corrected chi connectivity index (χ3v) is 2.96. The molecule has 1 aliphatic heterocycles. The zero-order valence-corrected chi connectivity index (χ0v) is 20.2. The standard InChI is InChI=1S/C13H17NO2.3C3H7O.Ti/c15-10-12-7-4-8-14(12)13(16)9-11-5-2-1-3-6-11;3*1-3(2)4;/h1-3,5-6,9,12,15-16H,4,7-8,10H2;3*3H,1-2H3;/q;3*-1;+4/p-1/b13-9+;;;;/t12-;;;;/m1..../s1. The molecule has 1 aromatic rings. The summed E-state index contributed by atoms with van der Waals surface area (Å²) in [4.78, 5) is 1.76. The maximum absolute atomic E-state index is 11.9. The predicted octanol–water partition coefficient (Wildman–Crippen LogP) is 0.0648. The van der Waals surface area contributed by atoms with Crippen molar-refractivity contribution in [2.24, 2.45) is 0 Å². The van der Waals surface area contributed by atoms with Gasteiger partial charge in [-0.25, -0.2) is 0 Å². The van der Waals surface area contributed by atoms with Crippen LogP contribution < -0.4 is 20.4 Å². The van der Waals surface area contributed by atoms with Crippen molar-refractivity contribution in [3.8, 4) is 0 Å². The van der Waals surface area contributed by atoms with E-state index in [2.05, 4.69) is 0 Å². The first kappa shape index (κ1) is 32.8. The molecule has 2 rings (SSSR count). The molecule has 0 spiro atoms. The normalized spacial score (nSPS) is 15.6. The van der Waals surface area contributed by atoms with Crippen LogP contribution in [0.5, 0.6) is 0 Å². The molecule has 1 atom stereocenters. The van der Waals surface area contributed by atoms with Gasteiger partial charge >= 0.3 is 21.7 Å². The van der Waals surface area contributed by atoms with E-state index in [-0.39, 0.29) is 40.2 Å². The summed E-state index contributed by atoms with van der Waals surface area (Å²) in [6, 6.07) is 9.56. The van der Waals surface area contributed by atoms with E-state index >= 15 is 0 Å². The number of benzene rings is 1. The molecular weight excluding hydrogens is 406 g/mol.